The maximum Gasteiger partial charge on any atom is 0.185 e. The highest BCUT2D eigenvalue weighted by Gasteiger charge is 2.15. The first-order valence-corrected chi connectivity index (χ1v) is 7.21. The molecule has 0 aliphatic heterocycles. The molecule has 0 aliphatic carbocycles. The summed E-state index contributed by atoms with van der Waals surface area (Å²) in [6.45, 7) is 12.9. The number of rotatable bonds is 6. The minimum Gasteiger partial charge on any atom is -0.351 e. The minimum absolute atomic E-state index is 0.495. The SMILES string of the molecule is CCN(C)c1nc(C(C)C)c(CNC(C)C)s1. The molecule has 0 saturated heterocycles. The van der Waals surface area contributed by atoms with Gasteiger partial charge in [-0.2, -0.15) is 0 Å². The molecule has 0 unspecified atom stereocenters. The first-order chi connectivity index (χ1) is 7.95. The van der Waals surface area contributed by atoms with Crippen molar-refractivity contribution in [3.05, 3.63) is 10.6 Å². The molecule has 1 aromatic rings. The summed E-state index contributed by atoms with van der Waals surface area (Å²) >= 11 is 1.81. The highest BCUT2D eigenvalue weighted by Crippen LogP contribution is 2.30. The van der Waals surface area contributed by atoms with Crippen molar-refractivity contribution in [2.45, 2.75) is 53.1 Å². The number of anilines is 1. The van der Waals surface area contributed by atoms with Gasteiger partial charge in [-0.1, -0.05) is 27.7 Å². The maximum atomic E-state index is 4.76. The molecule has 17 heavy (non-hydrogen) atoms. The summed E-state index contributed by atoms with van der Waals surface area (Å²) in [5.41, 5.74) is 1.25. The molecule has 0 aromatic carbocycles. The van der Waals surface area contributed by atoms with Crippen LogP contribution in [0.2, 0.25) is 0 Å². The van der Waals surface area contributed by atoms with Crippen molar-refractivity contribution in [2.24, 2.45) is 0 Å². The number of hydrogen-bond acceptors (Lipinski definition) is 4. The van der Waals surface area contributed by atoms with Gasteiger partial charge < -0.3 is 10.2 Å². The van der Waals surface area contributed by atoms with Gasteiger partial charge in [0.25, 0.3) is 0 Å². The standard InChI is InChI=1S/C13H25N3S/c1-7-16(6)13-15-12(9(2)3)11(17-13)8-14-10(4)5/h9-10,14H,7-8H2,1-6H3. The average molecular weight is 255 g/mol. The van der Waals surface area contributed by atoms with E-state index >= 15 is 0 Å². The smallest absolute Gasteiger partial charge is 0.185 e. The zero-order valence-corrected chi connectivity index (χ0v) is 12.7. The molecule has 1 aromatic heterocycles. The molecule has 0 amide bonds. The number of thiazole rings is 1. The Morgan fingerprint density at radius 3 is 2.41 bits per heavy atom. The second kappa shape index (κ2) is 6.36. The molecule has 0 aliphatic rings. The maximum absolute atomic E-state index is 4.76. The second-order valence-electron chi connectivity index (χ2n) is 5.01. The van der Waals surface area contributed by atoms with E-state index in [-0.39, 0.29) is 0 Å². The van der Waals surface area contributed by atoms with Gasteiger partial charge in [0.15, 0.2) is 5.13 Å². The van der Waals surface area contributed by atoms with Gasteiger partial charge >= 0.3 is 0 Å². The van der Waals surface area contributed by atoms with Crippen LogP contribution in [0.1, 0.15) is 51.1 Å². The average Bonchev–Trinajstić information content (AvgIpc) is 2.69. The van der Waals surface area contributed by atoms with E-state index < -0.39 is 0 Å². The highest BCUT2D eigenvalue weighted by atomic mass is 32.1. The number of nitrogens with one attached hydrogen (secondary N) is 1. The lowest BCUT2D eigenvalue weighted by Gasteiger charge is -2.11. The predicted octanol–water partition coefficient (Wildman–Crippen LogP) is 3.22. The first kappa shape index (κ1) is 14.5. The first-order valence-electron chi connectivity index (χ1n) is 6.39. The van der Waals surface area contributed by atoms with E-state index in [1.54, 1.807) is 0 Å². The van der Waals surface area contributed by atoms with Crippen LogP contribution in [-0.2, 0) is 6.54 Å². The van der Waals surface area contributed by atoms with Crippen LogP contribution in [0.4, 0.5) is 5.13 Å². The lowest BCUT2D eigenvalue weighted by atomic mass is 10.1. The van der Waals surface area contributed by atoms with Crippen molar-refractivity contribution >= 4 is 16.5 Å². The molecule has 0 bridgehead atoms. The molecule has 3 nitrogen and oxygen atoms in total. The Morgan fingerprint density at radius 1 is 1.29 bits per heavy atom. The van der Waals surface area contributed by atoms with Crippen molar-refractivity contribution in [2.75, 3.05) is 18.5 Å². The monoisotopic (exact) mass is 255 g/mol. The summed E-state index contributed by atoms with van der Waals surface area (Å²) in [5, 5.41) is 4.62. The van der Waals surface area contributed by atoms with Crippen LogP contribution >= 0.6 is 11.3 Å². The van der Waals surface area contributed by atoms with E-state index in [0.717, 1.165) is 18.2 Å². The molecule has 98 valence electrons. The lowest BCUT2D eigenvalue weighted by molar-refractivity contribution is 0.588. The molecular formula is C13H25N3S. The molecule has 4 heteroatoms. The van der Waals surface area contributed by atoms with Crippen molar-refractivity contribution in [1.29, 1.82) is 0 Å². The molecule has 1 N–H and O–H groups in total. The fraction of sp³-hybridized carbons (Fsp3) is 0.769. The normalized spacial score (nSPS) is 11.5. The molecule has 0 fully saturated rings. The zero-order chi connectivity index (χ0) is 13.0. The van der Waals surface area contributed by atoms with Gasteiger partial charge in [-0.15, -0.1) is 11.3 Å². The third kappa shape index (κ3) is 3.96. The Kier molecular flexibility index (Phi) is 5.40. The molecular weight excluding hydrogens is 230 g/mol. The quantitative estimate of drug-likeness (QED) is 0.846. The van der Waals surface area contributed by atoms with Gasteiger partial charge in [0.2, 0.25) is 0 Å². The van der Waals surface area contributed by atoms with Crippen molar-refractivity contribution < 1.29 is 0 Å². The fourth-order valence-corrected chi connectivity index (χ4v) is 2.71. The van der Waals surface area contributed by atoms with Crippen LogP contribution in [0, 0.1) is 0 Å². The van der Waals surface area contributed by atoms with E-state index in [9.17, 15) is 0 Å². The van der Waals surface area contributed by atoms with E-state index in [0.29, 0.717) is 12.0 Å². The Labute approximate surface area is 109 Å². The van der Waals surface area contributed by atoms with Crippen LogP contribution in [0.3, 0.4) is 0 Å². The summed E-state index contributed by atoms with van der Waals surface area (Å²) in [4.78, 5) is 8.35. The fourth-order valence-electron chi connectivity index (χ4n) is 1.52. The van der Waals surface area contributed by atoms with Gasteiger partial charge in [-0.3, -0.25) is 0 Å². The molecule has 1 heterocycles. The summed E-state index contributed by atoms with van der Waals surface area (Å²) in [7, 11) is 2.10. The number of aromatic nitrogens is 1. The summed E-state index contributed by atoms with van der Waals surface area (Å²) in [6.07, 6.45) is 0. The van der Waals surface area contributed by atoms with E-state index in [2.05, 4.69) is 51.9 Å². The third-order valence-corrected chi connectivity index (χ3v) is 3.92. The van der Waals surface area contributed by atoms with Crippen LogP contribution in [-0.4, -0.2) is 24.6 Å². The molecule has 1 rings (SSSR count). The summed E-state index contributed by atoms with van der Waals surface area (Å²) in [5.74, 6) is 0.495. The molecule has 0 radical (unpaired) electrons. The molecule has 0 spiro atoms. The highest BCUT2D eigenvalue weighted by molar-refractivity contribution is 7.15. The summed E-state index contributed by atoms with van der Waals surface area (Å²) < 4.78 is 0. The Bertz CT molecular complexity index is 344. The largest absolute Gasteiger partial charge is 0.351 e. The van der Waals surface area contributed by atoms with E-state index in [1.807, 2.05) is 11.3 Å². The Morgan fingerprint density at radius 2 is 1.94 bits per heavy atom. The Hall–Kier alpha value is -0.610. The predicted molar refractivity (Wildman–Crippen MR) is 77.1 cm³/mol. The van der Waals surface area contributed by atoms with Crippen LogP contribution in [0.5, 0.6) is 0 Å². The molecule has 0 saturated carbocycles. The third-order valence-electron chi connectivity index (χ3n) is 2.73. The van der Waals surface area contributed by atoms with Crippen LogP contribution in [0.15, 0.2) is 0 Å². The zero-order valence-electron chi connectivity index (χ0n) is 11.9. The summed E-state index contributed by atoms with van der Waals surface area (Å²) in [6, 6.07) is 0.518. The minimum atomic E-state index is 0.495. The lowest BCUT2D eigenvalue weighted by Crippen LogP contribution is -2.22. The number of nitrogens with zero attached hydrogens (tertiary/aromatic N) is 2. The van der Waals surface area contributed by atoms with E-state index in [4.69, 9.17) is 4.98 Å². The van der Waals surface area contributed by atoms with Crippen molar-refractivity contribution in [3.8, 4) is 0 Å². The van der Waals surface area contributed by atoms with Crippen molar-refractivity contribution in [1.82, 2.24) is 10.3 Å². The van der Waals surface area contributed by atoms with Crippen LogP contribution < -0.4 is 10.2 Å². The van der Waals surface area contributed by atoms with Gasteiger partial charge in [-0.05, 0) is 12.8 Å². The van der Waals surface area contributed by atoms with E-state index in [1.165, 1.54) is 10.6 Å². The van der Waals surface area contributed by atoms with Crippen LogP contribution in [0.25, 0.3) is 0 Å². The van der Waals surface area contributed by atoms with Crippen molar-refractivity contribution in [3.63, 3.8) is 0 Å². The second-order valence-corrected chi connectivity index (χ2v) is 6.07. The van der Waals surface area contributed by atoms with Gasteiger partial charge in [0, 0.05) is 31.1 Å². The molecule has 0 atom stereocenters. The topological polar surface area (TPSA) is 28.2 Å². The van der Waals surface area contributed by atoms with Gasteiger partial charge in [-0.25, -0.2) is 4.98 Å². The van der Waals surface area contributed by atoms with Gasteiger partial charge in [0.05, 0.1) is 5.69 Å². The Balaban J connectivity index is 2.89. The number of hydrogen-bond donors (Lipinski definition) is 1. The van der Waals surface area contributed by atoms with Gasteiger partial charge in [0.1, 0.15) is 0 Å².